The Hall–Kier alpha value is -3.56. The number of aryl methyl sites for hydroxylation is 1. The molecule has 1 unspecified atom stereocenters. The Kier molecular flexibility index (Phi) is 4.76. The quantitative estimate of drug-likeness (QED) is 0.692. The second-order valence-corrected chi connectivity index (χ2v) is 7.97. The topological polar surface area (TPSA) is 101 Å². The second-order valence-electron chi connectivity index (χ2n) is 7.97. The Balaban J connectivity index is 1.39. The molecule has 2 aliphatic rings. The van der Waals surface area contributed by atoms with Gasteiger partial charge in [0.15, 0.2) is 11.9 Å². The van der Waals surface area contributed by atoms with E-state index in [1.807, 2.05) is 24.6 Å². The zero-order chi connectivity index (χ0) is 21.5. The number of hydrogen-bond donors (Lipinski definition) is 1. The van der Waals surface area contributed by atoms with Crippen molar-refractivity contribution in [2.24, 2.45) is 12.2 Å². The number of halogens is 1. The van der Waals surface area contributed by atoms with Gasteiger partial charge in [-0.05, 0) is 31.9 Å². The van der Waals surface area contributed by atoms with Gasteiger partial charge in [-0.1, -0.05) is 16.8 Å². The number of benzene rings is 1. The average Bonchev–Trinajstić information content (AvgIpc) is 3.48. The van der Waals surface area contributed by atoms with E-state index in [2.05, 4.69) is 30.5 Å². The Bertz CT molecular complexity index is 1220. The minimum Gasteiger partial charge on any atom is -0.387 e. The summed E-state index contributed by atoms with van der Waals surface area (Å²) in [4.78, 5) is 19.4. The number of nitrogens with one attached hydrogen (secondary N) is 1. The lowest BCUT2D eigenvalue weighted by atomic mass is 9.98. The lowest BCUT2D eigenvalue weighted by molar-refractivity contribution is 0.0829. The fourth-order valence-electron chi connectivity index (χ4n) is 4.34. The van der Waals surface area contributed by atoms with Gasteiger partial charge in [-0.2, -0.15) is 5.10 Å². The molecular formula is C21H22FN7O2. The van der Waals surface area contributed by atoms with Crippen molar-refractivity contribution in [1.82, 2.24) is 25.0 Å². The van der Waals surface area contributed by atoms with Crippen LogP contribution in [0.15, 0.2) is 40.4 Å². The molecule has 0 aliphatic carbocycles. The first-order valence-electron chi connectivity index (χ1n) is 10.2. The molecule has 31 heavy (non-hydrogen) atoms. The van der Waals surface area contributed by atoms with E-state index in [1.165, 1.54) is 12.1 Å². The van der Waals surface area contributed by atoms with Crippen molar-refractivity contribution >= 4 is 11.7 Å². The van der Waals surface area contributed by atoms with E-state index in [1.54, 1.807) is 12.3 Å². The number of nitrogens with zero attached hydrogens (tertiary/aromatic N) is 6. The predicted molar refractivity (Wildman–Crippen MR) is 112 cm³/mol. The highest BCUT2D eigenvalue weighted by Crippen LogP contribution is 2.35. The molecule has 1 saturated heterocycles. The summed E-state index contributed by atoms with van der Waals surface area (Å²) in [5, 5.41) is 19.2. The van der Waals surface area contributed by atoms with Crippen LogP contribution in [0, 0.1) is 12.7 Å². The van der Waals surface area contributed by atoms with Crippen molar-refractivity contribution in [2.75, 3.05) is 11.4 Å². The van der Waals surface area contributed by atoms with Crippen molar-refractivity contribution in [1.29, 1.82) is 0 Å². The van der Waals surface area contributed by atoms with Crippen LogP contribution in [-0.4, -0.2) is 43.3 Å². The number of rotatable bonds is 4. The van der Waals surface area contributed by atoms with Crippen LogP contribution in [0.3, 0.4) is 0 Å². The minimum absolute atomic E-state index is 0.00548. The minimum atomic E-state index is -0.422. The summed E-state index contributed by atoms with van der Waals surface area (Å²) in [6, 6.07) is 6.48. The highest BCUT2D eigenvalue weighted by atomic mass is 19.1. The molecule has 9 nitrogen and oxygen atoms in total. The summed E-state index contributed by atoms with van der Waals surface area (Å²) in [5.41, 5.74) is 2.69. The van der Waals surface area contributed by atoms with Gasteiger partial charge < -0.3 is 9.74 Å². The van der Waals surface area contributed by atoms with Crippen molar-refractivity contribution in [3.05, 3.63) is 57.8 Å². The highest BCUT2D eigenvalue weighted by molar-refractivity contribution is 5.93. The van der Waals surface area contributed by atoms with Crippen molar-refractivity contribution < 1.29 is 9.23 Å². The van der Waals surface area contributed by atoms with Gasteiger partial charge in [0.1, 0.15) is 5.82 Å². The van der Waals surface area contributed by atoms with Crippen LogP contribution in [0.1, 0.15) is 36.5 Å². The van der Waals surface area contributed by atoms with Gasteiger partial charge in [-0.15, -0.1) is 10.2 Å². The fraction of sp³-hybridized carbons (Fsp3) is 0.381. The van der Waals surface area contributed by atoms with E-state index in [0.29, 0.717) is 29.3 Å². The number of oxime groups is 1. The molecule has 0 spiro atoms. The molecule has 160 valence electrons. The smallest absolute Gasteiger partial charge is 0.264 e. The lowest BCUT2D eigenvalue weighted by Gasteiger charge is -2.24. The Morgan fingerprint density at radius 2 is 2.13 bits per heavy atom. The van der Waals surface area contributed by atoms with E-state index in [4.69, 9.17) is 4.84 Å². The summed E-state index contributed by atoms with van der Waals surface area (Å²) in [5.74, 6) is 0.967. The predicted octanol–water partition coefficient (Wildman–Crippen LogP) is 2.50. The maximum Gasteiger partial charge on any atom is 0.264 e. The van der Waals surface area contributed by atoms with Crippen LogP contribution < -0.4 is 10.5 Å². The Labute approximate surface area is 177 Å². The van der Waals surface area contributed by atoms with Crippen LogP contribution >= 0.6 is 0 Å². The van der Waals surface area contributed by atoms with E-state index < -0.39 is 6.10 Å². The summed E-state index contributed by atoms with van der Waals surface area (Å²) in [6.45, 7) is 2.73. The monoisotopic (exact) mass is 423 g/mol. The molecule has 0 amide bonds. The molecular weight excluding hydrogens is 401 g/mol. The van der Waals surface area contributed by atoms with Crippen LogP contribution in [0.2, 0.25) is 0 Å². The van der Waals surface area contributed by atoms with E-state index >= 15 is 0 Å². The van der Waals surface area contributed by atoms with Gasteiger partial charge >= 0.3 is 0 Å². The maximum absolute atomic E-state index is 14.3. The molecule has 10 heteroatoms. The van der Waals surface area contributed by atoms with E-state index in [-0.39, 0.29) is 17.4 Å². The van der Waals surface area contributed by atoms with Gasteiger partial charge in [0.05, 0.1) is 18.0 Å². The van der Waals surface area contributed by atoms with Crippen molar-refractivity contribution in [3.63, 3.8) is 0 Å². The number of anilines is 1. The van der Waals surface area contributed by atoms with Crippen LogP contribution in [0.4, 0.5) is 10.3 Å². The first-order chi connectivity index (χ1) is 15.0. The molecule has 2 aliphatic heterocycles. The number of aromatic amines is 1. The van der Waals surface area contributed by atoms with Crippen LogP contribution in [0.5, 0.6) is 0 Å². The third kappa shape index (κ3) is 3.47. The molecule has 2 aromatic heterocycles. The number of H-pyrrole nitrogens is 1. The van der Waals surface area contributed by atoms with Gasteiger partial charge in [0.2, 0.25) is 5.95 Å². The Morgan fingerprint density at radius 3 is 2.97 bits per heavy atom. The highest BCUT2D eigenvalue weighted by Gasteiger charge is 2.37. The summed E-state index contributed by atoms with van der Waals surface area (Å²) in [6.07, 6.45) is 3.54. The largest absolute Gasteiger partial charge is 0.387 e. The molecule has 1 fully saturated rings. The Morgan fingerprint density at radius 1 is 1.26 bits per heavy atom. The average molecular weight is 423 g/mol. The van der Waals surface area contributed by atoms with Crippen LogP contribution in [-0.2, 0) is 11.9 Å². The SMILES string of the molecule is Cc1ccc(F)c(C2CC([C@H]3CCCN3c3nnc(-c4cn[nH]c(=O)c4)n3C)=NO2)c1. The van der Waals surface area contributed by atoms with Crippen molar-refractivity contribution in [3.8, 4) is 11.4 Å². The lowest BCUT2D eigenvalue weighted by Crippen LogP contribution is -2.37. The number of hydrogen-bond acceptors (Lipinski definition) is 7. The van der Waals surface area contributed by atoms with Gasteiger partial charge in [-0.25, -0.2) is 9.49 Å². The molecule has 0 radical (unpaired) electrons. The second kappa shape index (κ2) is 7.60. The molecule has 0 bridgehead atoms. The van der Waals surface area contributed by atoms with Gasteiger partial charge in [0.25, 0.3) is 5.56 Å². The normalized spacial score (nSPS) is 20.7. The van der Waals surface area contributed by atoms with Gasteiger partial charge in [0, 0.05) is 37.2 Å². The third-order valence-corrected chi connectivity index (χ3v) is 5.86. The molecule has 1 N–H and O–H groups in total. The zero-order valence-corrected chi connectivity index (χ0v) is 17.2. The molecule has 4 heterocycles. The van der Waals surface area contributed by atoms with E-state index in [0.717, 1.165) is 30.7 Å². The molecule has 3 aromatic rings. The first-order valence-corrected chi connectivity index (χ1v) is 10.2. The molecule has 0 saturated carbocycles. The molecule has 2 atom stereocenters. The third-order valence-electron chi connectivity index (χ3n) is 5.86. The van der Waals surface area contributed by atoms with Crippen LogP contribution in [0.25, 0.3) is 11.4 Å². The summed E-state index contributed by atoms with van der Waals surface area (Å²) < 4.78 is 16.2. The van der Waals surface area contributed by atoms with Gasteiger partial charge in [-0.3, -0.25) is 9.36 Å². The standard InChI is InChI=1S/C21H22FN7O2/c1-12-5-6-15(22)14(8-12)18-10-16(27-31-18)17-4-3-7-29(17)21-26-25-20(28(21)2)13-9-19(30)24-23-11-13/h5-6,8-9,11,17-18H,3-4,7,10H2,1-2H3,(H,24,30)/t17-,18?/m1/s1. The maximum atomic E-state index is 14.3. The number of aromatic nitrogens is 5. The van der Waals surface area contributed by atoms with Crippen molar-refractivity contribution in [2.45, 2.75) is 38.3 Å². The summed E-state index contributed by atoms with van der Waals surface area (Å²) >= 11 is 0. The fourth-order valence-corrected chi connectivity index (χ4v) is 4.34. The van der Waals surface area contributed by atoms with E-state index in [9.17, 15) is 9.18 Å². The summed E-state index contributed by atoms with van der Waals surface area (Å²) in [7, 11) is 1.86. The first kappa shape index (κ1) is 19.4. The molecule has 5 rings (SSSR count). The molecule has 1 aromatic carbocycles. The zero-order valence-electron chi connectivity index (χ0n) is 17.2.